The SMILES string of the molecule is COc1ccc(SC(C)C(=O)Nc2ccccc2C(=O)N2CC(C)CC(C)C2)cc1. The molecule has 0 saturated carbocycles. The predicted octanol–water partition coefficient (Wildman–Crippen LogP) is 4.93. The summed E-state index contributed by atoms with van der Waals surface area (Å²) in [5.74, 6) is 1.61. The fourth-order valence-electron chi connectivity index (χ4n) is 3.92. The third-order valence-corrected chi connectivity index (χ3v) is 6.42. The molecule has 1 fully saturated rings. The lowest BCUT2D eigenvalue weighted by Crippen LogP contribution is -2.42. The maximum Gasteiger partial charge on any atom is 0.255 e. The number of amides is 2. The number of carbonyl (C=O) groups excluding carboxylic acids is 2. The summed E-state index contributed by atoms with van der Waals surface area (Å²) in [6.45, 7) is 7.75. The van der Waals surface area contributed by atoms with E-state index in [0.29, 0.717) is 23.1 Å². The summed E-state index contributed by atoms with van der Waals surface area (Å²) in [6, 6.07) is 14.9. The van der Waals surface area contributed by atoms with Crippen molar-refractivity contribution < 1.29 is 14.3 Å². The van der Waals surface area contributed by atoms with Crippen molar-refractivity contribution in [1.29, 1.82) is 0 Å². The van der Waals surface area contributed by atoms with E-state index in [0.717, 1.165) is 30.2 Å². The first kappa shape index (κ1) is 22.2. The summed E-state index contributed by atoms with van der Waals surface area (Å²) in [7, 11) is 1.63. The second kappa shape index (κ2) is 10.0. The van der Waals surface area contributed by atoms with E-state index in [-0.39, 0.29) is 17.1 Å². The first-order valence-electron chi connectivity index (χ1n) is 10.4. The lowest BCUT2D eigenvalue weighted by Gasteiger charge is -2.35. The van der Waals surface area contributed by atoms with Crippen LogP contribution in [0.15, 0.2) is 53.4 Å². The van der Waals surface area contributed by atoms with Gasteiger partial charge in [-0.25, -0.2) is 0 Å². The van der Waals surface area contributed by atoms with Gasteiger partial charge < -0.3 is 15.0 Å². The van der Waals surface area contributed by atoms with E-state index >= 15 is 0 Å². The first-order chi connectivity index (χ1) is 14.4. The molecular formula is C24H30N2O3S. The van der Waals surface area contributed by atoms with Gasteiger partial charge in [-0.05, 0) is 61.6 Å². The van der Waals surface area contributed by atoms with Crippen LogP contribution >= 0.6 is 11.8 Å². The van der Waals surface area contributed by atoms with E-state index in [2.05, 4.69) is 19.2 Å². The minimum absolute atomic E-state index is 0.0141. The quantitative estimate of drug-likeness (QED) is 0.665. The fraction of sp³-hybridized carbons (Fsp3) is 0.417. The molecule has 2 aromatic rings. The molecule has 3 unspecified atom stereocenters. The van der Waals surface area contributed by atoms with Crippen LogP contribution in [0.2, 0.25) is 0 Å². The molecule has 30 heavy (non-hydrogen) atoms. The van der Waals surface area contributed by atoms with Crippen LogP contribution in [0, 0.1) is 11.8 Å². The molecule has 1 aliphatic rings. The van der Waals surface area contributed by atoms with Gasteiger partial charge in [0.1, 0.15) is 5.75 Å². The van der Waals surface area contributed by atoms with E-state index in [1.807, 2.05) is 48.2 Å². The Labute approximate surface area is 183 Å². The average molecular weight is 427 g/mol. The zero-order valence-corrected chi connectivity index (χ0v) is 18.9. The third kappa shape index (κ3) is 5.57. The van der Waals surface area contributed by atoms with Crippen LogP contribution in [-0.2, 0) is 4.79 Å². The van der Waals surface area contributed by atoms with Crippen molar-refractivity contribution in [2.24, 2.45) is 11.8 Å². The van der Waals surface area contributed by atoms with Gasteiger partial charge in [0.2, 0.25) is 5.91 Å². The van der Waals surface area contributed by atoms with E-state index < -0.39 is 0 Å². The van der Waals surface area contributed by atoms with Gasteiger partial charge in [0.25, 0.3) is 5.91 Å². The van der Waals surface area contributed by atoms with Crippen LogP contribution in [-0.4, -0.2) is 42.2 Å². The van der Waals surface area contributed by atoms with Crippen LogP contribution in [0.4, 0.5) is 5.69 Å². The maximum atomic E-state index is 13.2. The Hall–Kier alpha value is -2.47. The highest BCUT2D eigenvalue weighted by Gasteiger charge is 2.28. The minimum Gasteiger partial charge on any atom is -0.497 e. The number of hydrogen-bond acceptors (Lipinski definition) is 4. The average Bonchev–Trinajstić information content (AvgIpc) is 2.73. The van der Waals surface area contributed by atoms with Crippen molar-refractivity contribution in [2.45, 2.75) is 37.3 Å². The van der Waals surface area contributed by atoms with Crippen LogP contribution < -0.4 is 10.1 Å². The van der Waals surface area contributed by atoms with Gasteiger partial charge >= 0.3 is 0 Å². The third-order valence-electron chi connectivity index (χ3n) is 5.31. The highest BCUT2D eigenvalue weighted by molar-refractivity contribution is 8.00. The Morgan fingerprint density at radius 1 is 1.07 bits per heavy atom. The molecule has 0 bridgehead atoms. The van der Waals surface area contributed by atoms with Crippen molar-refractivity contribution in [2.75, 3.05) is 25.5 Å². The molecule has 1 heterocycles. The van der Waals surface area contributed by atoms with Crippen LogP contribution in [0.5, 0.6) is 5.75 Å². The topological polar surface area (TPSA) is 58.6 Å². The number of nitrogens with one attached hydrogen (secondary N) is 1. The number of rotatable bonds is 6. The Kier molecular flexibility index (Phi) is 7.43. The number of anilines is 1. The Balaban J connectivity index is 1.68. The summed E-state index contributed by atoms with van der Waals surface area (Å²) in [5, 5.41) is 2.65. The van der Waals surface area contributed by atoms with Crippen molar-refractivity contribution >= 4 is 29.3 Å². The second-order valence-corrected chi connectivity index (χ2v) is 9.54. The number of nitrogens with zero attached hydrogens (tertiary/aromatic N) is 1. The van der Waals surface area contributed by atoms with E-state index in [1.165, 1.54) is 11.8 Å². The maximum absolute atomic E-state index is 13.2. The van der Waals surface area contributed by atoms with Gasteiger partial charge in [-0.15, -0.1) is 11.8 Å². The number of methoxy groups -OCH3 is 1. The van der Waals surface area contributed by atoms with Gasteiger partial charge in [0.05, 0.1) is 23.6 Å². The zero-order chi connectivity index (χ0) is 21.7. The number of hydrogen-bond donors (Lipinski definition) is 1. The molecule has 2 amide bonds. The Morgan fingerprint density at radius 2 is 1.70 bits per heavy atom. The summed E-state index contributed by atoms with van der Waals surface area (Å²) in [6.07, 6.45) is 1.14. The predicted molar refractivity (Wildman–Crippen MR) is 122 cm³/mol. The number of thioether (sulfide) groups is 1. The van der Waals surface area contributed by atoms with Gasteiger partial charge in [-0.2, -0.15) is 0 Å². The van der Waals surface area contributed by atoms with Gasteiger partial charge in [-0.1, -0.05) is 26.0 Å². The first-order valence-corrected chi connectivity index (χ1v) is 11.2. The van der Waals surface area contributed by atoms with E-state index in [4.69, 9.17) is 4.74 Å². The van der Waals surface area contributed by atoms with Crippen molar-refractivity contribution in [3.63, 3.8) is 0 Å². The van der Waals surface area contributed by atoms with E-state index in [9.17, 15) is 9.59 Å². The number of piperidine rings is 1. The molecular weight excluding hydrogens is 396 g/mol. The fourth-order valence-corrected chi connectivity index (χ4v) is 4.79. The summed E-state index contributed by atoms with van der Waals surface area (Å²) < 4.78 is 5.17. The van der Waals surface area contributed by atoms with Crippen molar-refractivity contribution in [1.82, 2.24) is 4.90 Å². The highest BCUT2D eigenvalue weighted by Crippen LogP contribution is 2.28. The minimum atomic E-state index is -0.309. The van der Waals surface area contributed by atoms with Crippen molar-refractivity contribution in [3.8, 4) is 5.75 Å². The summed E-state index contributed by atoms with van der Waals surface area (Å²) in [4.78, 5) is 28.9. The van der Waals surface area contributed by atoms with Crippen LogP contribution in [0.25, 0.3) is 0 Å². The molecule has 3 rings (SSSR count). The molecule has 2 aromatic carbocycles. The molecule has 6 heteroatoms. The Bertz CT molecular complexity index is 874. The largest absolute Gasteiger partial charge is 0.497 e. The lowest BCUT2D eigenvalue weighted by atomic mass is 9.91. The van der Waals surface area contributed by atoms with E-state index in [1.54, 1.807) is 19.2 Å². The number of para-hydroxylation sites is 1. The molecule has 0 spiro atoms. The molecule has 160 valence electrons. The number of likely N-dealkylation sites (tertiary alicyclic amines) is 1. The Morgan fingerprint density at radius 3 is 2.33 bits per heavy atom. The zero-order valence-electron chi connectivity index (χ0n) is 18.1. The molecule has 0 radical (unpaired) electrons. The molecule has 1 N–H and O–H groups in total. The molecule has 0 aromatic heterocycles. The monoisotopic (exact) mass is 426 g/mol. The number of carbonyl (C=O) groups is 2. The highest BCUT2D eigenvalue weighted by atomic mass is 32.2. The van der Waals surface area contributed by atoms with Gasteiger partial charge in [0, 0.05) is 18.0 Å². The second-order valence-electron chi connectivity index (χ2n) is 8.13. The van der Waals surface area contributed by atoms with Gasteiger partial charge in [0.15, 0.2) is 0 Å². The number of benzene rings is 2. The van der Waals surface area contributed by atoms with Crippen molar-refractivity contribution in [3.05, 3.63) is 54.1 Å². The van der Waals surface area contributed by atoms with Gasteiger partial charge in [-0.3, -0.25) is 9.59 Å². The number of ether oxygens (including phenoxy) is 1. The molecule has 1 aliphatic heterocycles. The standard InChI is InChI=1S/C24H30N2O3S/c1-16-13-17(2)15-26(14-16)24(28)21-7-5-6-8-22(21)25-23(27)18(3)30-20-11-9-19(29-4)10-12-20/h5-12,16-18H,13-15H2,1-4H3,(H,25,27). The van der Waals surface area contributed by atoms with Crippen LogP contribution in [0.1, 0.15) is 37.6 Å². The lowest BCUT2D eigenvalue weighted by molar-refractivity contribution is -0.115. The van der Waals surface area contributed by atoms with Crippen LogP contribution in [0.3, 0.4) is 0 Å². The normalized spacial score (nSPS) is 19.8. The smallest absolute Gasteiger partial charge is 0.255 e. The molecule has 0 aliphatic carbocycles. The molecule has 5 nitrogen and oxygen atoms in total. The molecule has 1 saturated heterocycles. The summed E-state index contributed by atoms with van der Waals surface area (Å²) >= 11 is 1.47. The molecule has 3 atom stereocenters. The summed E-state index contributed by atoms with van der Waals surface area (Å²) in [5.41, 5.74) is 1.12.